The Balaban J connectivity index is 1.74. The van der Waals surface area contributed by atoms with Crippen LogP contribution in [-0.2, 0) is 0 Å². The summed E-state index contributed by atoms with van der Waals surface area (Å²) in [4.78, 5) is 0. The van der Waals surface area contributed by atoms with Crippen molar-refractivity contribution in [3.05, 3.63) is 117 Å². The maximum atomic E-state index is 14.9. The smallest absolute Gasteiger partial charge is 0.144 e. The molecule has 4 rings (SSSR count). The molecule has 4 aromatic carbocycles. The van der Waals surface area contributed by atoms with Gasteiger partial charge in [0, 0.05) is 0 Å². The highest BCUT2D eigenvalue weighted by atomic mass is 19.2. The van der Waals surface area contributed by atoms with Crippen molar-refractivity contribution in [3.63, 3.8) is 0 Å². The number of nitrogens with zero attached hydrogens (tertiary/aromatic N) is 2. The van der Waals surface area contributed by atoms with Crippen LogP contribution in [-0.4, -0.2) is 0 Å². The molecule has 11 heteroatoms. The molecule has 0 bridgehead atoms. The fourth-order valence-electron chi connectivity index (χ4n) is 3.94. The number of rotatable bonds is 4. The molecule has 4 aromatic rings. The lowest BCUT2D eigenvalue weighted by molar-refractivity contribution is 0.571. The Morgan fingerprint density at radius 2 is 0.737 bits per heavy atom. The van der Waals surface area contributed by atoms with Crippen molar-refractivity contribution < 1.29 is 35.1 Å². The van der Waals surface area contributed by atoms with E-state index in [-0.39, 0.29) is 11.1 Å². The first-order valence-electron chi connectivity index (χ1n) is 10.5. The minimum atomic E-state index is -1.50. The van der Waals surface area contributed by atoms with E-state index >= 15 is 0 Å². The number of halogens is 8. The van der Waals surface area contributed by atoms with E-state index in [1.54, 1.807) is 0 Å². The molecule has 0 amide bonds. The number of nitriles is 2. The Bertz CT molecular complexity index is 1490. The minimum absolute atomic E-state index is 0.305. The van der Waals surface area contributed by atoms with Crippen LogP contribution in [0.15, 0.2) is 48.5 Å². The third-order valence-corrected chi connectivity index (χ3v) is 5.73. The van der Waals surface area contributed by atoms with Crippen LogP contribution >= 0.6 is 0 Å². The highest BCUT2D eigenvalue weighted by Gasteiger charge is 2.23. The molecule has 0 aliphatic rings. The first-order valence-corrected chi connectivity index (χ1v) is 10.5. The van der Waals surface area contributed by atoms with Crippen molar-refractivity contribution in [1.82, 2.24) is 0 Å². The van der Waals surface area contributed by atoms with E-state index in [9.17, 15) is 35.1 Å². The topological polar surface area (TPSA) is 73.6 Å². The van der Waals surface area contributed by atoms with Crippen LogP contribution in [0.25, 0.3) is 22.3 Å². The van der Waals surface area contributed by atoms with Crippen molar-refractivity contribution in [3.8, 4) is 34.4 Å². The lowest BCUT2D eigenvalue weighted by atomic mass is 9.93. The lowest BCUT2D eigenvalue weighted by Crippen LogP contribution is -2.14. The van der Waals surface area contributed by atoms with Crippen LogP contribution < -0.4 is 5.73 Å². The summed E-state index contributed by atoms with van der Waals surface area (Å²) >= 11 is 0. The second-order valence-corrected chi connectivity index (χ2v) is 8.05. The summed E-state index contributed by atoms with van der Waals surface area (Å²) in [7, 11) is 0. The highest BCUT2D eigenvalue weighted by molar-refractivity contribution is 5.68. The van der Waals surface area contributed by atoms with Gasteiger partial charge >= 0.3 is 0 Å². The zero-order chi connectivity index (χ0) is 27.9. The summed E-state index contributed by atoms with van der Waals surface area (Å²) in [5, 5.41) is 17.5. The van der Waals surface area contributed by atoms with Gasteiger partial charge in [-0.3, -0.25) is 0 Å². The standard InChI is InChI=1S/C27H11F8N3/c28-17-1-11(2-18(29)15(17)9-36)25-21(32)5-13(6-22(25)33)27(38)14-7-23(34)26(24(35)8-14)12-3-19(30)16(10-37)20(31)4-12/h1-8,27H,38H2. The summed E-state index contributed by atoms with van der Waals surface area (Å²) in [6.45, 7) is 0. The quantitative estimate of drug-likeness (QED) is 0.292. The van der Waals surface area contributed by atoms with E-state index < -0.39 is 86.0 Å². The number of nitrogens with two attached hydrogens (primary N) is 1. The Labute approximate surface area is 209 Å². The predicted octanol–water partition coefficient (Wildman–Crippen LogP) is 6.92. The van der Waals surface area contributed by atoms with Gasteiger partial charge in [0.2, 0.25) is 0 Å². The van der Waals surface area contributed by atoms with Crippen molar-refractivity contribution >= 4 is 0 Å². The Hall–Kier alpha value is -4.74. The average Bonchev–Trinajstić information content (AvgIpc) is 2.82. The van der Waals surface area contributed by atoms with Gasteiger partial charge in [0.25, 0.3) is 0 Å². The van der Waals surface area contributed by atoms with Gasteiger partial charge in [-0.05, 0) is 70.8 Å². The van der Waals surface area contributed by atoms with Gasteiger partial charge in [-0.15, -0.1) is 0 Å². The third kappa shape index (κ3) is 4.56. The summed E-state index contributed by atoms with van der Waals surface area (Å²) in [5.41, 5.74) is 0.724. The Kier molecular flexibility index (Phi) is 6.90. The fourth-order valence-corrected chi connectivity index (χ4v) is 3.94. The van der Waals surface area contributed by atoms with Gasteiger partial charge in [0.1, 0.15) is 69.8 Å². The monoisotopic (exact) mass is 529 g/mol. The molecular formula is C27H11F8N3. The van der Waals surface area contributed by atoms with E-state index in [1.807, 2.05) is 0 Å². The maximum absolute atomic E-state index is 14.9. The molecule has 190 valence electrons. The highest BCUT2D eigenvalue weighted by Crippen LogP contribution is 2.35. The van der Waals surface area contributed by atoms with Crippen LogP contribution in [0.2, 0.25) is 0 Å². The molecular weight excluding hydrogens is 518 g/mol. The SMILES string of the molecule is N#Cc1c(F)cc(-c2c(F)cc(C(N)c3cc(F)c(-c4cc(F)c(C#N)c(F)c4)c(F)c3)cc2F)cc1F. The van der Waals surface area contributed by atoms with Gasteiger partial charge in [-0.1, -0.05) is 0 Å². The fraction of sp³-hybridized carbons (Fsp3) is 0.0370. The molecule has 0 heterocycles. The molecule has 0 radical (unpaired) electrons. The van der Waals surface area contributed by atoms with Crippen LogP contribution in [0.5, 0.6) is 0 Å². The second kappa shape index (κ2) is 9.96. The summed E-state index contributed by atoms with van der Waals surface area (Å²) in [6, 6.07) is 6.14. The molecule has 0 spiro atoms. The molecule has 3 nitrogen and oxygen atoms in total. The van der Waals surface area contributed by atoms with Gasteiger partial charge in [-0.2, -0.15) is 10.5 Å². The van der Waals surface area contributed by atoms with Gasteiger partial charge in [0.05, 0.1) is 17.2 Å². The van der Waals surface area contributed by atoms with Gasteiger partial charge < -0.3 is 5.73 Å². The summed E-state index contributed by atoms with van der Waals surface area (Å²) in [6.07, 6.45) is 0. The summed E-state index contributed by atoms with van der Waals surface area (Å²) < 4.78 is 115. The van der Waals surface area contributed by atoms with E-state index in [4.69, 9.17) is 16.3 Å². The van der Waals surface area contributed by atoms with E-state index in [0.717, 1.165) is 0 Å². The lowest BCUT2D eigenvalue weighted by Gasteiger charge is -2.17. The first kappa shape index (κ1) is 26.3. The minimum Gasteiger partial charge on any atom is -0.320 e. The molecule has 0 aliphatic heterocycles. The van der Waals surface area contributed by atoms with E-state index in [0.29, 0.717) is 48.5 Å². The predicted molar refractivity (Wildman–Crippen MR) is 119 cm³/mol. The van der Waals surface area contributed by atoms with Crippen molar-refractivity contribution in [1.29, 1.82) is 10.5 Å². The van der Waals surface area contributed by atoms with Gasteiger partial charge in [-0.25, -0.2) is 35.1 Å². The molecule has 0 saturated carbocycles. The van der Waals surface area contributed by atoms with E-state index in [2.05, 4.69) is 0 Å². The number of hydrogen-bond donors (Lipinski definition) is 1. The van der Waals surface area contributed by atoms with Crippen LogP contribution in [0, 0.1) is 69.2 Å². The van der Waals surface area contributed by atoms with Crippen LogP contribution in [0.3, 0.4) is 0 Å². The Morgan fingerprint density at radius 3 is 0.974 bits per heavy atom. The zero-order valence-corrected chi connectivity index (χ0v) is 18.7. The van der Waals surface area contributed by atoms with Gasteiger partial charge in [0.15, 0.2) is 0 Å². The summed E-state index contributed by atoms with van der Waals surface area (Å²) in [5.74, 6) is -10.6. The van der Waals surface area contributed by atoms with Crippen LogP contribution in [0.1, 0.15) is 28.3 Å². The molecule has 2 N–H and O–H groups in total. The van der Waals surface area contributed by atoms with Crippen LogP contribution in [0.4, 0.5) is 35.1 Å². The second-order valence-electron chi connectivity index (χ2n) is 8.05. The van der Waals surface area contributed by atoms with E-state index in [1.165, 1.54) is 12.1 Å². The number of benzene rings is 4. The number of hydrogen-bond acceptors (Lipinski definition) is 3. The molecule has 0 saturated heterocycles. The van der Waals surface area contributed by atoms with Crippen molar-refractivity contribution in [2.45, 2.75) is 6.04 Å². The Morgan fingerprint density at radius 1 is 0.474 bits per heavy atom. The first-order chi connectivity index (χ1) is 18.0. The molecule has 0 fully saturated rings. The average molecular weight is 529 g/mol. The maximum Gasteiger partial charge on any atom is 0.144 e. The molecule has 0 aliphatic carbocycles. The molecule has 38 heavy (non-hydrogen) atoms. The van der Waals surface area contributed by atoms with Crippen molar-refractivity contribution in [2.24, 2.45) is 5.73 Å². The third-order valence-electron chi connectivity index (χ3n) is 5.73. The zero-order valence-electron chi connectivity index (χ0n) is 18.7. The molecule has 0 aromatic heterocycles. The molecule has 0 atom stereocenters. The van der Waals surface area contributed by atoms with Crippen molar-refractivity contribution in [2.75, 3.05) is 0 Å². The molecule has 0 unspecified atom stereocenters. The largest absolute Gasteiger partial charge is 0.320 e. The normalized spacial score (nSPS) is 10.9.